The first-order chi connectivity index (χ1) is 11.7. The van der Waals surface area contributed by atoms with Crippen molar-refractivity contribution in [1.29, 1.82) is 0 Å². The molecule has 0 saturated heterocycles. The number of aliphatic imine (C=N–C) groups is 1. The molecule has 0 spiro atoms. The third kappa shape index (κ3) is 3.19. The minimum Gasteiger partial charge on any atom is -0.377 e. The summed E-state index contributed by atoms with van der Waals surface area (Å²) in [5.74, 6) is 1.24. The van der Waals surface area contributed by atoms with Crippen LogP contribution in [0.4, 0.5) is 11.4 Å². The van der Waals surface area contributed by atoms with Crippen molar-refractivity contribution in [3.05, 3.63) is 58.1 Å². The van der Waals surface area contributed by atoms with Crippen LogP contribution in [0.2, 0.25) is 5.02 Å². The Morgan fingerprint density at radius 3 is 2.20 bits per heavy atom. The summed E-state index contributed by atoms with van der Waals surface area (Å²) in [5, 5.41) is 15.0. The highest BCUT2D eigenvalue weighted by Crippen LogP contribution is 2.41. The molecule has 1 heterocycles. The minimum absolute atomic E-state index is 0.348. The molecule has 4 heteroatoms. The van der Waals surface area contributed by atoms with Gasteiger partial charge in [-0.1, -0.05) is 63.6 Å². The van der Waals surface area contributed by atoms with Crippen LogP contribution in [0.3, 0.4) is 0 Å². The van der Waals surface area contributed by atoms with E-state index in [-0.39, 0.29) is 0 Å². The van der Waals surface area contributed by atoms with Gasteiger partial charge in [0.15, 0.2) is 0 Å². The van der Waals surface area contributed by atoms with Crippen molar-refractivity contribution in [3.8, 4) is 0 Å². The van der Waals surface area contributed by atoms with E-state index < -0.39 is 5.60 Å². The van der Waals surface area contributed by atoms with Crippen LogP contribution in [0.25, 0.3) is 0 Å². The second-order valence-electron chi connectivity index (χ2n) is 7.44. The average Bonchev–Trinajstić information content (AvgIpc) is 2.77. The lowest BCUT2D eigenvalue weighted by Gasteiger charge is -2.21. The molecule has 0 amide bonds. The molecule has 0 saturated carbocycles. The van der Waals surface area contributed by atoms with Crippen LogP contribution in [0.1, 0.15) is 63.1 Å². The van der Waals surface area contributed by atoms with E-state index in [1.165, 1.54) is 11.1 Å². The normalized spacial score (nSPS) is 21.1. The van der Waals surface area contributed by atoms with E-state index in [0.717, 1.165) is 16.9 Å². The summed E-state index contributed by atoms with van der Waals surface area (Å²) in [4.78, 5) is 4.91. The van der Waals surface area contributed by atoms with E-state index in [0.29, 0.717) is 22.7 Å². The molecule has 3 nitrogen and oxygen atoms in total. The smallest absolute Gasteiger partial charge is 0.146 e. The van der Waals surface area contributed by atoms with Gasteiger partial charge >= 0.3 is 0 Å². The van der Waals surface area contributed by atoms with Crippen LogP contribution in [0.15, 0.2) is 41.4 Å². The first-order valence-corrected chi connectivity index (χ1v) is 9.11. The van der Waals surface area contributed by atoms with Crippen molar-refractivity contribution in [3.63, 3.8) is 0 Å². The SMILES string of the molecule is CC(C)c1cccc(C(C)C)c1N=C1Nc2cc(Cl)ccc2C1(C)O. The Bertz CT molecular complexity index is 812. The average molecular weight is 357 g/mol. The van der Waals surface area contributed by atoms with E-state index in [9.17, 15) is 5.11 Å². The number of nitrogens with one attached hydrogen (secondary N) is 1. The molecule has 2 aromatic carbocycles. The number of fused-ring (bicyclic) bond motifs is 1. The van der Waals surface area contributed by atoms with Crippen LogP contribution in [0, 0.1) is 0 Å². The Morgan fingerprint density at radius 1 is 1.04 bits per heavy atom. The molecule has 2 aromatic rings. The lowest BCUT2D eigenvalue weighted by molar-refractivity contribution is 0.137. The lowest BCUT2D eigenvalue weighted by atomic mass is 9.92. The summed E-state index contributed by atoms with van der Waals surface area (Å²) >= 11 is 6.10. The van der Waals surface area contributed by atoms with Crippen molar-refractivity contribution in [2.45, 2.75) is 52.1 Å². The number of hydrogen-bond donors (Lipinski definition) is 2. The largest absolute Gasteiger partial charge is 0.377 e. The molecular formula is C21H25ClN2O. The van der Waals surface area contributed by atoms with E-state index in [1.54, 1.807) is 13.0 Å². The third-order valence-corrected chi connectivity index (χ3v) is 5.02. The van der Waals surface area contributed by atoms with Gasteiger partial charge in [0.25, 0.3) is 0 Å². The first kappa shape index (κ1) is 18.0. The fraction of sp³-hybridized carbons (Fsp3) is 0.381. The molecule has 1 unspecified atom stereocenters. The van der Waals surface area contributed by atoms with E-state index >= 15 is 0 Å². The van der Waals surface area contributed by atoms with Crippen molar-refractivity contribution in [1.82, 2.24) is 0 Å². The van der Waals surface area contributed by atoms with Gasteiger partial charge in [0.05, 0.1) is 5.69 Å². The topological polar surface area (TPSA) is 44.6 Å². The quantitative estimate of drug-likeness (QED) is 0.713. The minimum atomic E-state index is -1.17. The zero-order chi connectivity index (χ0) is 18.4. The third-order valence-electron chi connectivity index (χ3n) is 4.79. The molecule has 25 heavy (non-hydrogen) atoms. The summed E-state index contributed by atoms with van der Waals surface area (Å²) in [6, 6.07) is 11.8. The number of nitrogens with zero attached hydrogens (tertiary/aromatic N) is 1. The summed E-state index contributed by atoms with van der Waals surface area (Å²) in [6.07, 6.45) is 0. The van der Waals surface area contributed by atoms with E-state index in [2.05, 4.69) is 51.2 Å². The first-order valence-electron chi connectivity index (χ1n) is 8.73. The Morgan fingerprint density at radius 2 is 1.64 bits per heavy atom. The Balaban J connectivity index is 2.17. The van der Waals surface area contributed by atoms with Gasteiger partial charge in [0.2, 0.25) is 0 Å². The zero-order valence-corrected chi connectivity index (χ0v) is 16.1. The van der Waals surface area contributed by atoms with E-state index in [1.807, 2.05) is 12.1 Å². The van der Waals surface area contributed by atoms with Gasteiger partial charge in [0.1, 0.15) is 11.4 Å². The molecule has 1 aliphatic heterocycles. The summed E-state index contributed by atoms with van der Waals surface area (Å²) in [7, 11) is 0. The van der Waals surface area contributed by atoms with Gasteiger partial charge in [-0.2, -0.15) is 0 Å². The predicted octanol–water partition coefficient (Wildman–Crippen LogP) is 5.95. The van der Waals surface area contributed by atoms with Gasteiger partial charge in [-0.3, -0.25) is 0 Å². The number of aliphatic hydroxyl groups is 1. The van der Waals surface area contributed by atoms with Crippen molar-refractivity contribution in [2.75, 3.05) is 5.32 Å². The maximum Gasteiger partial charge on any atom is 0.146 e. The Kier molecular flexibility index (Phi) is 4.65. The highest BCUT2D eigenvalue weighted by atomic mass is 35.5. The highest BCUT2D eigenvalue weighted by Gasteiger charge is 2.39. The fourth-order valence-electron chi connectivity index (χ4n) is 3.31. The summed E-state index contributed by atoms with van der Waals surface area (Å²) in [5.41, 5.74) is 3.76. The molecule has 0 aliphatic carbocycles. The van der Waals surface area contributed by atoms with Crippen LogP contribution < -0.4 is 5.32 Å². The molecule has 1 aliphatic rings. The van der Waals surface area contributed by atoms with Crippen LogP contribution in [-0.4, -0.2) is 10.9 Å². The summed E-state index contributed by atoms with van der Waals surface area (Å²) in [6.45, 7) is 10.4. The molecule has 0 fully saturated rings. The Hall–Kier alpha value is -1.84. The number of hydrogen-bond acceptors (Lipinski definition) is 2. The lowest BCUT2D eigenvalue weighted by Crippen LogP contribution is -2.30. The van der Waals surface area contributed by atoms with E-state index in [4.69, 9.17) is 16.6 Å². The monoisotopic (exact) mass is 356 g/mol. The van der Waals surface area contributed by atoms with Gasteiger partial charge < -0.3 is 10.4 Å². The molecule has 2 N–H and O–H groups in total. The van der Waals surface area contributed by atoms with Gasteiger partial charge in [-0.25, -0.2) is 4.99 Å². The summed E-state index contributed by atoms with van der Waals surface area (Å²) < 4.78 is 0. The van der Waals surface area contributed by atoms with Crippen LogP contribution >= 0.6 is 11.6 Å². The maximum atomic E-state index is 11.1. The number of rotatable bonds is 3. The number of benzene rings is 2. The van der Waals surface area contributed by atoms with Gasteiger partial charge in [0, 0.05) is 16.3 Å². The molecule has 3 rings (SSSR count). The van der Waals surface area contributed by atoms with Crippen LogP contribution in [0.5, 0.6) is 0 Å². The number of para-hydroxylation sites is 1. The zero-order valence-electron chi connectivity index (χ0n) is 15.4. The second kappa shape index (κ2) is 6.47. The van der Waals surface area contributed by atoms with Crippen molar-refractivity contribution in [2.24, 2.45) is 4.99 Å². The molecular weight excluding hydrogens is 332 g/mol. The van der Waals surface area contributed by atoms with Crippen molar-refractivity contribution < 1.29 is 5.11 Å². The molecule has 132 valence electrons. The standard InChI is InChI=1S/C21H25ClN2O/c1-12(2)15-7-6-8-16(13(3)4)19(15)24-20-21(5,25)17-10-9-14(22)11-18(17)23-20/h6-13,25H,1-5H3,(H,23,24). The molecule has 0 bridgehead atoms. The molecule has 0 radical (unpaired) electrons. The molecule has 0 aromatic heterocycles. The second-order valence-corrected chi connectivity index (χ2v) is 7.88. The highest BCUT2D eigenvalue weighted by molar-refractivity contribution is 6.31. The number of halogens is 1. The molecule has 1 atom stereocenters. The number of amidine groups is 1. The Labute approximate surface area is 154 Å². The van der Waals surface area contributed by atoms with Gasteiger partial charge in [-0.15, -0.1) is 0 Å². The fourth-order valence-corrected chi connectivity index (χ4v) is 3.48. The maximum absolute atomic E-state index is 11.1. The van der Waals surface area contributed by atoms with Crippen LogP contribution in [-0.2, 0) is 5.60 Å². The van der Waals surface area contributed by atoms with Gasteiger partial charge in [-0.05, 0) is 42.0 Å². The predicted molar refractivity (Wildman–Crippen MR) is 106 cm³/mol. The van der Waals surface area contributed by atoms with Crippen molar-refractivity contribution >= 4 is 28.8 Å². The number of anilines is 1.